The number of furan rings is 1. The molecular weight excluding hydrogens is 672 g/mol. The summed E-state index contributed by atoms with van der Waals surface area (Å²) in [4.78, 5) is 0. The average molecular weight is 701 g/mol. The molecule has 0 fully saturated rings. The van der Waals surface area contributed by atoms with Crippen molar-refractivity contribution in [3.8, 4) is 90.5 Å². The van der Waals surface area contributed by atoms with Crippen LogP contribution in [0.1, 0.15) is 0 Å². The maximum atomic E-state index is 11.6. The predicted molar refractivity (Wildman–Crippen MR) is 204 cm³/mol. The molecule has 258 valence electrons. The van der Waals surface area contributed by atoms with Gasteiger partial charge in [0.15, 0.2) is 23.0 Å². The third-order valence-electron chi connectivity index (χ3n) is 9.96. The lowest BCUT2D eigenvalue weighted by Crippen LogP contribution is -1.94. The van der Waals surface area contributed by atoms with Gasteiger partial charge >= 0.3 is 0 Å². The first-order chi connectivity index (χ1) is 25.6. The molecular formula is C44H28O9. The minimum atomic E-state index is -1.03. The zero-order chi connectivity index (χ0) is 36.7. The number of hydrogen-bond acceptors (Lipinski definition) is 9. The van der Waals surface area contributed by atoms with Crippen molar-refractivity contribution in [2.24, 2.45) is 0 Å². The molecule has 1 aromatic heterocycles. The number of benzene rings is 8. The lowest BCUT2D eigenvalue weighted by Gasteiger charge is -2.22. The fourth-order valence-electron chi connectivity index (χ4n) is 7.39. The van der Waals surface area contributed by atoms with Crippen LogP contribution < -0.4 is 0 Å². The van der Waals surface area contributed by atoms with E-state index in [0.29, 0.717) is 27.7 Å². The normalized spacial score (nSPS) is 11.6. The first-order valence-electron chi connectivity index (χ1n) is 16.6. The van der Waals surface area contributed by atoms with Crippen molar-refractivity contribution in [3.05, 3.63) is 121 Å². The Hall–Kier alpha value is -7.52. The van der Waals surface area contributed by atoms with Crippen LogP contribution in [0.25, 0.3) is 88.0 Å². The van der Waals surface area contributed by atoms with Gasteiger partial charge in [0.25, 0.3) is 0 Å². The minimum absolute atomic E-state index is 0.0224. The highest BCUT2D eigenvalue weighted by molar-refractivity contribution is 6.29. The van der Waals surface area contributed by atoms with Gasteiger partial charge in [0.1, 0.15) is 11.2 Å². The third-order valence-corrected chi connectivity index (χ3v) is 9.96. The molecule has 0 radical (unpaired) electrons. The summed E-state index contributed by atoms with van der Waals surface area (Å²) in [5.41, 5.74) is 5.53. The second-order valence-corrected chi connectivity index (χ2v) is 12.9. The largest absolute Gasteiger partial charge is 0.504 e. The molecule has 9 rings (SSSR count). The predicted octanol–water partition coefficient (Wildman–Crippen LogP) is 10.2. The number of phenols is 8. The number of para-hydroxylation sites is 1. The fourth-order valence-corrected chi connectivity index (χ4v) is 7.39. The number of phenolic OH excluding ortho intramolecular Hbond substituents is 8. The smallest absolute Gasteiger partial charge is 0.204 e. The van der Waals surface area contributed by atoms with Gasteiger partial charge in [-0.2, -0.15) is 0 Å². The number of aromatic hydroxyl groups is 8. The van der Waals surface area contributed by atoms with E-state index in [1.165, 1.54) is 0 Å². The molecule has 9 heteroatoms. The highest BCUT2D eigenvalue weighted by Crippen LogP contribution is 2.62. The van der Waals surface area contributed by atoms with Gasteiger partial charge < -0.3 is 45.3 Å². The van der Waals surface area contributed by atoms with E-state index < -0.39 is 46.0 Å². The van der Waals surface area contributed by atoms with Crippen LogP contribution in [0.4, 0.5) is 0 Å². The summed E-state index contributed by atoms with van der Waals surface area (Å²) in [7, 11) is 0. The van der Waals surface area contributed by atoms with E-state index in [-0.39, 0.29) is 32.7 Å². The molecule has 0 aliphatic carbocycles. The summed E-state index contributed by atoms with van der Waals surface area (Å²) in [6, 6.07) is 37.2. The summed E-state index contributed by atoms with van der Waals surface area (Å²) in [5.74, 6) is -7.47. The van der Waals surface area contributed by atoms with Crippen molar-refractivity contribution >= 4 is 43.5 Å². The van der Waals surface area contributed by atoms with E-state index in [1.807, 2.05) is 72.8 Å². The molecule has 8 aromatic carbocycles. The van der Waals surface area contributed by atoms with E-state index in [1.54, 1.807) is 48.5 Å². The first kappa shape index (κ1) is 31.5. The standard InChI is InChI=1S/C44H28O9/c45-37-33-31(25-16-14-24(15-17-25)23-12-10-22(11-13-23)21-6-2-1-3-7-21)34-36(40(48)44(52)42(50)38(34)46)32(35(33)39(47)43(51)41(37)49)26-18-19-30-28(20-26)27-8-4-5-9-29(27)53-30/h1-20,45-52H. The second kappa shape index (κ2) is 11.5. The fraction of sp³-hybridized carbons (Fsp3) is 0. The van der Waals surface area contributed by atoms with Gasteiger partial charge in [-0.15, -0.1) is 0 Å². The Bertz CT molecular complexity index is 2870. The summed E-state index contributed by atoms with van der Waals surface area (Å²) in [6.07, 6.45) is 0. The first-order valence-corrected chi connectivity index (χ1v) is 16.6. The van der Waals surface area contributed by atoms with Crippen molar-refractivity contribution < 1.29 is 45.3 Å². The molecule has 0 atom stereocenters. The topological polar surface area (TPSA) is 175 Å². The van der Waals surface area contributed by atoms with Crippen molar-refractivity contribution in [1.29, 1.82) is 0 Å². The molecule has 0 spiro atoms. The molecule has 0 aliphatic rings. The van der Waals surface area contributed by atoms with Crippen molar-refractivity contribution in [2.45, 2.75) is 0 Å². The zero-order valence-electron chi connectivity index (χ0n) is 27.5. The van der Waals surface area contributed by atoms with E-state index in [0.717, 1.165) is 27.6 Å². The summed E-state index contributed by atoms with van der Waals surface area (Å²) < 4.78 is 5.99. The van der Waals surface area contributed by atoms with Crippen molar-refractivity contribution in [1.82, 2.24) is 0 Å². The molecule has 53 heavy (non-hydrogen) atoms. The van der Waals surface area contributed by atoms with Gasteiger partial charge in [0, 0.05) is 43.4 Å². The van der Waals surface area contributed by atoms with Crippen molar-refractivity contribution in [2.75, 3.05) is 0 Å². The highest BCUT2D eigenvalue weighted by atomic mass is 16.4. The Balaban J connectivity index is 1.35. The van der Waals surface area contributed by atoms with Crippen LogP contribution >= 0.6 is 0 Å². The van der Waals surface area contributed by atoms with Gasteiger partial charge in [0.2, 0.25) is 23.0 Å². The van der Waals surface area contributed by atoms with Gasteiger partial charge in [-0.3, -0.25) is 0 Å². The maximum absolute atomic E-state index is 11.6. The van der Waals surface area contributed by atoms with Crippen molar-refractivity contribution in [3.63, 3.8) is 0 Å². The van der Waals surface area contributed by atoms with E-state index in [9.17, 15) is 40.9 Å². The van der Waals surface area contributed by atoms with Crippen LogP contribution in [0.2, 0.25) is 0 Å². The summed E-state index contributed by atoms with van der Waals surface area (Å²) in [5, 5.41) is 90.3. The Kier molecular flexibility index (Phi) is 6.83. The molecule has 0 aliphatic heterocycles. The summed E-state index contributed by atoms with van der Waals surface area (Å²) in [6.45, 7) is 0. The molecule has 9 nitrogen and oxygen atoms in total. The van der Waals surface area contributed by atoms with Gasteiger partial charge in [-0.1, -0.05) is 103 Å². The minimum Gasteiger partial charge on any atom is -0.504 e. The van der Waals surface area contributed by atoms with Crippen LogP contribution in [0.3, 0.4) is 0 Å². The van der Waals surface area contributed by atoms with Crippen LogP contribution in [0, 0.1) is 0 Å². The molecule has 8 N–H and O–H groups in total. The Morgan fingerprint density at radius 3 is 1.13 bits per heavy atom. The highest BCUT2D eigenvalue weighted by Gasteiger charge is 2.32. The van der Waals surface area contributed by atoms with Crippen LogP contribution in [0.5, 0.6) is 46.0 Å². The quantitative estimate of drug-likeness (QED) is 0.0504. The van der Waals surface area contributed by atoms with E-state index in [4.69, 9.17) is 4.42 Å². The number of hydrogen-bond donors (Lipinski definition) is 8. The van der Waals surface area contributed by atoms with Gasteiger partial charge in [-0.25, -0.2) is 0 Å². The van der Waals surface area contributed by atoms with Gasteiger partial charge in [-0.05, 0) is 51.6 Å². The molecule has 0 saturated carbocycles. The van der Waals surface area contributed by atoms with Crippen LogP contribution in [-0.2, 0) is 0 Å². The lowest BCUT2D eigenvalue weighted by molar-refractivity contribution is 0.350. The van der Waals surface area contributed by atoms with Gasteiger partial charge in [0.05, 0.1) is 0 Å². The monoisotopic (exact) mass is 700 g/mol. The SMILES string of the molecule is Oc1c(O)c(O)c2c(-c3ccc4oc5ccccc5c4c3)c3c(O)c(O)c(O)c(O)c3c(-c3ccc(-c4ccc(-c5ccccc5)cc4)cc3)c2c1O. The Morgan fingerprint density at radius 2 is 0.642 bits per heavy atom. The average Bonchev–Trinajstić information content (AvgIpc) is 3.58. The van der Waals surface area contributed by atoms with E-state index in [2.05, 4.69) is 0 Å². The molecule has 0 unspecified atom stereocenters. The Morgan fingerprint density at radius 1 is 0.283 bits per heavy atom. The van der Waals surface area contributed by atoms with E-state index >= 15 is 0 Å². The lowest BCUT2D eigenvalue weighted by atomic mass is 9.83. The number of fused-ring (bicyclic) bond motifs is 5. The molecule has 9 aromatic rings. The summed E-state index contributed by atoms with van der Waals surface area (Å²) >= 11 is 0. The molecule has 0 bridgehead atoms. The molecule has 1 heterocycles. The molecule has 0 saturated heterocycles. The van der Waals surface area contributed by atoms with Crippen LogP contribution in [-0.4, -0.2) is 40.9 Å². The maximum Gasteiger partial charge on any atom is 0.204 e. The third kappa shape index (κ3) is 4.57. The van der Waals surface area contributed by atoms with Crippen LogP contribution in [0.15, 0.2) is 126 Å². The Labute approximate surface area is 300 Å². The zero-order valence-corrected chi connectivity index (χ0v) is 27.5. The number of rotatable bonds is 4. The molecule has 0 amide bonds. The second-order valence-electron chi connectivity index (χ2n) is 12.9.